The van der Waals surface area contributed by atoms with Crippen molar-refractivity contribution in [1.82, 2.24) is 9.78 Å². The van der Waals surface area contributed by atoms with Crippen LogP contribution in [0, 0.1) is 11.3 Å². The number of ether oxygens (including phenoxy) is 1. The van der Waals surface area contributed by atoms with Gasteiger partial charge in [-0.3, -0.25) is 4.79 Å². The summed E-state index contributed by atoms with van der Waals surface area (Å²) in [7, 11) is 0. The summed E-state index contributed by atoms with van der Waals surface area (Å²) in [6.45, 7) is 1.88. The minimum absolute atomic E-state index is 0.0410. The van der Waals surface area contributed by atoms with Crippen molar-refractivity contribution in [2.24, 2.45) is 0 Å². The number of nitriles is 1. The van der Waals surface area contributed by atoms with Gasteiger partial charge in [0.1, 0.15) is 11.6 Å². The first-order chi connectivity index (χ1) is 13.6. The third-order valence-corrected chi connectivity index (χ3v) is 3.93. The number of esters is 1. The van der Waals surface area contributed by atoms with Crippen molar-refractivity contribution in [3.05, 3.63) is 89.3 Å². The number of rotatable bonds is 6. The topological polar surface area (TPSA) is 85.0 Å². The number of carbonyl (C=O) groups excluding carboxylic acids is 2. The molecule has 0 unspecified atom stereocenters. The Balaban J connectivity index is 2.07. The van der Waals surface area contributed by atoms with Gasteiger partial charge in [0.15, 0.2) is 5.69 Å². The molecule has 0 atom stereocenters. The quantitative estimate of drug-likeness (QED) is 0.284. The van der Waals surface area contributed by atoms with Crippen molar-refractivity contribution < 1.29 is 14.3 Å². The molecular weight excluding hydrogens is 354 g/mol. The lowest BCUT2D eigenvalue weighted by Crippen LogP contribution is -2.08. The molecule has 0 saturated carbocycles. The lowest BCUT2D eigenvalue weighted by atomic mass is 10.0. The summed E-state index contributed by atoms with van der Waals surface area (Å²) in [6.07, 6.45) is 2.96. The number of para-hydroxylation sites is 1. The van der Waals surface area contributed by atoms with E-state index in [2.05, 4.69) is 5.10 Å². The molecule has 6 nitrogen and oxygen atoms in total. The predicted molar refractivity (Wildman–Crippen MR) is 104 cm³/mol. The van der Waals surface area contributed by atoms with Gasteiger partial charge in [-0.1, -0.05) is 48.5 Å². The van der Waals surface area contributed by atoms with Crippen LogP contribution in [0.25, 0.3) is 11.8 Å². The number of ketones is 1. The number of hydrogen-bond acceptors (Lipinski definition) is 5. The van der Waals surface area contributed by atoms with Crippen LogP contribution in [-0.4, -0.2) is 28.1 Å². The molecule has 0 aliphatic carbocycles. The summed E-state index contributed by atoms with van der Waals surface area (Å²) in [4.78, 5) is 25.0. The zero-order valence-corrected chi connectivity index (χ0v) is 15.2. The van der Waals surface area contributed by atoms with E-state index in [-0.39, 0.29) is 17.9 Å². The average molecular weight is 371 g/mol. The zero-order valence-electron chi connectivity index (χ0n) is 15.2. The van der Waals surface area contributed by atoms with E-state index in [4.69, 9.17) is 4.74 Å². The summed E-state index contributed by atoms with van der Waals surface area (Å²) >= 11 is 0. The number of benzene rings is 2. The van der Waals surface area contributed by atoms with E-state index in [0.717, 1.165) is 5.69 Å². The van der Waals surface area contributed by atoms with Gasteiger partial charge >= 0.3 is 5.97 Å². The molecule has 0 fully saturated rings. The second-order valence-electron chi connectivity index (χ2n) is 5.80. The van der Waals surface area contributed by atoms with Crippen molar-refractivity contribution >= 4 is 17.8 Å². The van der Waals surface area contributed by atoms with Gasteiger partial charge in [-0.05, 0) is 25.1 Å². The second-order valence-corrected chi connectivity index (χ2v) is 5.80. The minimum atomic E-state index is -0.618. The summed E-state index contributed by atoms with van der Waals surface area (Å²) in [5.41, 5.74) is 1.41. The van der Waals surface area contributed by atoms with Gasteiger partial charge in [0.2, 0.25) is 5.78 Å². The van der Waals surface area contributed by atoms with Crippen molar-refractivity contribution in [2.45, 2.75) is 6.92 Å². The first-order valence-electron chi connectivity index (χ1n) is 8.67. The van der Waals surface area contributed by atoms with E-state index >= 15 is 0 Å². The lowest BCUT2D eigenvalue weighted by molar-refractivity contribution is 0.0518. The summed E-state index contributed by atoms with van der Waals surface area (Å²) in [6, 6.07) is 19.6. The number of Topliss-reactive ketones (excluding diaryl/α,β-unsaturated/α-hetero) is 1. The molecule has 3 rings (SSSR count). The maximum Gasteiger partial charge on any atom is 0.359 e. The number of aromatic nitrogens is 2. The van der Waals surface area contributed by atoms with Gasteiger partial charge in [-0.25, -0.2) is 9.48 Å². The van der Waals surface area contributed by atoms with E-state index < -0.39 is 11.8 Å². The summed E-state index contributed by atoms with van der Waals surface area (Å²) in [5.74, 6) is -1.04. The first kappa shape index (κ1) is 18.8. The largest absolute Gasteiger partial charge is 0.461 e. The Bertz CT molecular complexity index is 1060. The lowest BCUT2D eigenvalue weighted by Gasteiger charge is -2.01. The molecule has 3 aromatic rings. The molecule has 0 radical (unpaired) electrons. The zero-order chi connectivity index (χ0) is 19.9. The van der Waals surface area contributed by atoms with Crippen LogP contribution in [-0.2, 0) is 4.74 Å². The van der Waals surface area contributed by atoms with Crippen molar-refractivity contribution in [1.29, 1.82) is 5.26 Å². The van der Waals surface area contributed by atoms with Crippen LogP contribution < -0.4 is 0 Å². The molecule has 6 heteroatoms. The van der Waals surface area contributed by atoms with E-state index in [0.29, 0.717) is 11.1 Å². The molecule has 0 N–H and O–H groups in total. The van der Waals surface area contributed by atoms with Crippen LogP contribution in [0.5, 0.6) is 0 Å². The number of carbonyl (C=O) groups is 2. The Morgan fingerprint density at radius 1 is 1.11 bits per heavy atom. The van der Waals surface area contributed by atoms with Crippen molar-refractivity contribution in [3.63, 3.8) is 0 Å². The van der Waals surface area contributed by atoms with E-state index in [9.17, 15) is 14.9 Å². The maximum atomic E-state index is 12.6. The maximum absolute atomic E-state index is 12.6. The van der Waals surface area contributed by atoms with Crippen LogP contribution in [0.4, 0.5) is 0 Å². The molecule has 28 heavy (non-hydrogen) atoms. The molecule has 1 aromatic heterocycles. The van der Waals surface area contributed by atoms with E-state index in [1.54, 1.807) is 43.5 Å². The van der Waals surface area contributed by atoms with E-state index in [1.165, 1.54) is 10.8 Å². The Hall–Kier alpha value is -3.98. The second kappa shape index (κ2) is 8.60. The SMILES string of the molecule is CCOC(=O)c1nn(-c2ccccc2)cc1/C=C(/C#N)C(=O)c1ccccc1. The van der Waals surface area contributed by atoms with Crippen LogP contribution in [0.15, 0.2) is 72.4 Å². The Morgan fingerprint density at radius 3 is 2.36 bits per heavy atom. The van der Waals surface area contributed by atoms with Crippen LogP contribution in [0.3, 0.4) is 0 Å². The fourth-order valence-electron chi connectivity index (χ4n) is 2.61. The van der Waals surface area contributed by atoms with Crippen LogP contribution in [0.2, 0.25) is 0 Å². The van der Waals surface area contributed by atoms with Gasteiger partial charge in [0.05, 0.1) is 12.3 Å². The Morgan fingerprint density at radius 2 is 1.75 bits per heavy atom. The highest BCUT2D eigenvalue weighted by Gasteiger charge is 2.20. The van der Waals surface area contributed by atoms with E-state index in [1.807, 2.05) is 36.4 Å². The summed E-state index contributed by atoms with van der Waals surface area (Å²) < 4.78 is 6.58. The highest BCUT2D eigenvalue weighted by atomic mass is 16.5. The standard InChI is InChI=1S/C22H17N3O3/c1-2-28-22(27)20-18(15-25(24-20)19-11-7-4-8-12-19)13-17(14-23)21(26)16-9-5-3-6-10-16/h3-13,15H,2H2,1H3/b17-13-. The van der Waals surface area contributed by atoms with Gasteiger partial charge in [0, 0.05) is 17.3 Å². The average Bonchev–Trinajstić information content (AvgIpc) is 3.17. The van der Waals surface area contributed by atoms with Gasteiger partial charge in [0.25, 0.3) is 0 Å². The number of allylic oxidation sites excluding steroid dienone is 1. The minimum Gasteiger partial charge on any atom is -0.461 e. The molecule has 0 bridgehead atoms. The molecule has 0 saturated heterocycles. The smallest absolute Gasteiger partial charge is 0.359 e. The predicted octanol–water partition coefficient (Wildman–Crippen LogP) is 3.84. The van der Waals surface area contributed by atoms with Gasteiger partial charge < -0.3 is 4.74 Å². The summed E-state index contributed by atoms with van der Waals surface area (Å²) in [5, 5.41) is 13.8. The molecule has 0 aliphatic rings. The fourth-order valence-corrected chi connectivity index (χ4v) is 2.61. The van der Waals surface area contributed by atoms with Gasteiger partial charge in [-0.15, -0.1) is 0 Å². The highest BCUT2D eigenvalue weighted by molar-refractivity contribution is 6.14. The molecule has 138 valence electrons. The molecule has 0 aliphatic heterocycles. The highest BCUT2D eigenvalue weighted by Crippen LogP contribution is 2.19. The third-order valence-electron chi connectivity index (χ3n) is 3.93. The molecule has 1 heterocycles. The number of hydrogen-bond donors (Lipinski definition) is 0. The third kappa shape index (κ3) is 4.05. The first-order valence-corrected chi connectivity index (χ1v) is 8.67. The Kier molecular flexibility index (Phi) is 5.78. The molecule has 2 aromatic carbocycles. The molecular formula is C22H17N3O3. The number of nitrogens with zero attached hydrogens (tertiary/aromatic N) is 3. The Labute approximate surface area is 162 Å². The fraction of sp³-hybridized carbons (Fsp3) is 0.0909. The molecule has 0 amide bonds. The van der Waals surface area contributed by atoms with Crippen LogP contribution >= 0.6 is 0 Å². The van der Waals surface area contributed by atoms with Crippen molar-refractivity contribution in [2.75, 3.05) is 6.61 Å². The molecule has 0 spiro atoms. The van der Waals surface area contributed by atoms with Crippen LogP contribution in [0.1, 0.15) is 33.3 Å². The van der Waals surface area contributed by atoms with Crippen molar-refractivity contribution in [3.8, 4) is 11.8 Å². The monoisotopic (exact) mass is 371 g/mol. The van der Waals surface area contributed by atoms with Gasteiger partial charge in [-0.2, -0.15) is 10.4 Å². The normalized spacial score (nSPS) is 10.9.